The molecule has 1 aliphatic rings. The highest BCUT2D eigenvalue weighted by molar-refractivity contribution is 7.99. The van der Waals surface area contributed by atoms with E-state index in [0.29, 0.717) is 11.3 Å². The van der Waals surface area contributed by atoms with Gasteiger partial charge in [0.25, 0.3) is 0 Å². The summed E-state index contributed by atoms with van der Waals surface area (Å²) in [6.45, 7) is 2.00. The summed E-state index contributed by atoms with van der Waals surface area (Å²) in [6, 6.07) is 18.4. The lowest BCUT2D eigenvalue weighted by molar-refractivity contribution is -0.139. The van der Waals surface area contributed by atoms with Crippen LogP contribution in [0.1, 0.15) is 18.4 Å². The van der Waals surface area contributed by atoms with Crippen LogP contribution in [0, 0.1) is 11.3 Å². The highest BCUT2D eigenvalue weighted by Gasteiger charge is 2.43. The Morgan fingerprint density at radius 1 is 1.06 bits per heavy atom. The molecule has 3 rings (SSSR count). The van der Waals surface area contributed by atoms with Gasteiger partial charge in [-0.25, -0.2) is 9.59 Å². The Hall–Kier alpha value is -3.70. The van der Waals surface area contributed by atoms with Crippen LogP contribution in [-0.4, -0.2) is 31.9 Å². The maximum Gasteiger partial charge on any atom is 0.355 e. The number of esters is 2. The molecule has 1 atom stereocenters. The maximum absolute atomic E-state index is 13.1. The zero-order valence-corrected chi connectivity index (χ0v) is 18.8. The number of carbonyl (C=O) groups excluding carboxylic acids is 2. The first-order valence-electron chi connectivity index (χ1n) is 9.87. The fourth-order valence-corrected chi connectivity index (χ4v) is 4.48. The topological polar surface area (TPSA) is 106 Å². The number of rotatable bonds is 6. The number of anilines is 1. The third-order valence-electron chi connectivity index (χ3n) is 5.02. The van der Waals surface area contributed by atoms with Gasteiger partial charge in [0, 0.05) is 4.90 Å². The van der Waals surface area contributed by atoms with Gasteiger partial charge in [-0.05, 0) is 23.4 Å². The smallest absolute Gasteiger partial charge is 0.355 e. The molecule has 2 N–H and O–H groups in total. The van der Waals surface area contributed by atoms with Crippen LogP contribution in [0.25, 0.3) is 0 Å². The summed E-state index contributed by atoms with van der Waals surface area (Å²) in [5.41, 5.74) is 7.78. The summed E-state index contributed by atoms with van der Waals surface area (Å²) in [4.78, 5) is 28.4. The molecule has 32 heavy (non-hydrogen) atoms. The first-order chi connectivity index (χ1) is 15.5. The normalized spacial score (nSPS) is 15.9. The minimum atomic E-state index is -0.884. The molecule has 0 radical (unpaired) electrons. The molecule has 8 heteroatoms. The van der Waals surface area contributed by atoms with Gasteiger partial charge >= 0.3 is 11.9 Å². The zero-order valence-electron chi connectivity index (χ0n) is 18.0. The van der Waals surface area contributed by atoms with E-state index in [1.165, 1.54) is 19.1 Å². The highest BCUT2D eigenvalue weighted by atomic mass is 32.2. The number of methoxy groups -OCH3 is 2. The van der Waals surface area contributed by atoms with Crippen molar-refractivity contribution in [2.45, 2.75) is 17.7 Å². The molecule has 0 saturated heterocycles. The Bertz CT molecular complexity index is 1140. The van der Waals surface area contributed by atoms with Gasteiger partial charge in [-0.1, -0.05) is 49.4 Å². The van der Waals surface area contributed by atoms with E-state index >= 15 is 0 Å². The standard InChI is InChI=1S/C24H23N3O4S/c1-4-32-18-13-9-8-12-17(18)27-21(24(29)31-3)20(23(28)30-2)19(16(14-25)22(27)26)15-10-6-5-7-11-15/h5-13,19H,4,26H2,1-3H3. The largest absolute Gasteiger partial charge is 0.466 e. The van der Waals surface area contributed by atoms with E-state index in [1.807, 2.05) is 25.1 Å². The van der Waals surface area contributed by atoms with Crippen LogP contribution in [0.3, 0.4) is 0 Å². The Balaban J connectivity index is 2.42. The second-order valence-corrected chi connectivity index (χ2v) is 8.04. The second-order valence-electron chi connectivity index (χ2n) is 6.74. The van der Waals surface area contributed by atoms with Gasteiger partial charge in [0.2, 0.25) is 0 Å². The number of nitrogens with two attached hydrogens (primary N) is 1. The Kier molecular flexibility index (Phi) is 7.23. The van der Waals surface area contributed by atoms with Gasteiger partial charge < -0.3 is 15.2 Å². The van der Waals surface area contributed by atoms with Crippen LogP contribution in [-0.2, 0) is 19.1 Å². The number of thioether (sulfide) groups is 1. The van der Waals surface area contributed by atoms with Crippen molar-refractivity contribution >= 4 is 29.4 Å². The molecular weight excluding hydrogens is 426 g/mol. The van der Waals surface area contributed by atoms with E-state index in [4.69, 9.17) is 15.2 Å². The predicted octanol–water partition coefficient (Wildman–Crippen LogP) is 3.70. The monoisotopic (exact) mass is 449 g/mol. The summed E-state index contributed by atoms with van der Waals surface area (Å²) in [5, 5.41) is 10.1. The SMILES string of the molecule is CCSc1ccccc1N1C(N)=C(C#N)C(c2ccccc2)C(C(=O)OC)=C1C(=O)OC. The van der Waals surface area contributed by atoms with E-state index in [-0.39, 0.29) is 22.7 Å². The summed E-state index contributed by atoms with van der Waals surface area (Å²) < 4.78 is 10.1. The summed E-state index contributed by atoms with van der Waals surface area (Å²) in [5.74, 6) is -1.57. The molecule has 0 spiro atoms. The van der Waals surface area contributed by atoms with Crippen LogP contribution in [0.15, 0.2) is 82.2 Å². The number of hydrogen-bond donors (Lipinski definition) is 1. The number of benzene rings is 2. The van der Waals surface area contributed by atoms with Crippen LogP contribution >= 0.6 is 11.8 Å². The first-order valence-corrected chi connectivity index (χ1v) is 10.9. The number of hydrogen-bond acceptors (Lipinski definition) is 8. The summed E-state index contributed by atoms with van der Waals surface area (Å²) in [6.07, 6.45) is 0. The van der Waals surface area contributed by atoms with Gasteiger partial charge in [0.15, 0.2) is 0 Å². The van der Waals surface area contributed by atoms with Crippen LogP contribution in [0.4, 0.5) is 5.69 Å². The fourth-order valence-electron chi connectivity index (χ4n) is 3.68. The number of nitrogens with zero attached hydrogens (tertiary/aromatic N) is 2. The third kappa shape index (κ3) is 4.07. The van der Waals surface area contributed by atoms with Gasteiger partial charge in [0.1, 0.15) is 11.5 Å². The minimum Gasteiger partial charge on any atom is -0.466 e. The van der Waals surface area contributed by atoms with Crippen molar-refractivity contribution in [3.8, 4) is 6.07 Å². The number of nitriles is 1. The molecule has 1 unspecified atom stereocenters. The van der Waals surface area contributed by atoms with Crippen molar-refractivity contribution < 1.29 is 19.1 Å². The highest BCUT2D eigenvalue weighted by Crippen LogP contribution is 2.45. The number of allylic oxidation sites excluding steroid dienone is 1. The lowest BCUT2D eigenvalue weighted by atomic mass is 9.81. The molecule has 0 aliphatic carbocycles. The van der Waals surface area contributed by atoms with Gasteiger partial charge in [0.05, 0.1) is 43.0 Å². The van der Waals surface area contributed by atoms with Crippen molar-refractivity contribution in [2.75, 3.05) is 24.9 Å². The molecule has 1 aliphatic heterocycles. The molecule has 0 fully saturated rings. The molecule has 164 valence electrons. The molecule has 7 nitrogen and oxygen atoms in total. The van der Waals surface area contributed by atoms with Gasteiger partial charge in [-0.2, -0.15) is 5.26 Å². The summed E-state index contributed by atoms with van der Waals surface area (Å²) >= 11 is 1.55. The summed E-state index contributed by atoms with van der Waals surface area (Å²) in [7, 11) is 2.46. The third-order valence-corrected chi connectivity index (χ3v) is 5.96. The van der Waals surface area contributed by atoms with Crippen LogP contribution in [0.2, 0.25) is 0 Å². The molecule has 1 heterocycles. The average Bonchev–Trinajstić information content (AvgIpc) is 2.83. The zero-order chi connectivity index (χ0) is 23.3. The number of para-hydroxylation sites is 1. The molecule has 0 aromatic heterocycles. The predicted molar refractivity (Wildman–Crippen MR) is 122 cm³/mol. The first kappa shape index (κ1) is 23.0. The van der Waals surface area contributed by atoms with Crippen molar-refractivity contribution in [1.82, 2.24) is 0 Å². The second kappa shape index (κ2) is 10.1. The molecule has 0 amide bonds. The van der Waals surface area contributed by atoms with Crippen molar-refractivity contribution in [1.29, 1.82) is 5.26 Å². The number of ether oxygens (including phenoxy) is 2. The van der Waals surface area contributed by atoms with Gasteiger partial charge in [-0.15, -0.1) is 11.8 Å². The van der Waals surface area contributed by atoms with Crippen molar-refractivity contribution in [3.05, 3.63) is 82.8 Å². The van der Waals surface area contributed by atoms with Crippen molar-refractivity contribution in [2.24, 2.45) is 5.73 Å². The number of carbonyl (C=O) groups is 2. The van der Waals surface area contributed by atoms with Gasteiger partial charge in [-0.3, -0.25) is 4.90 Å². The van der Waals surface area contributed by atoms with Crippen molar-refractivity contribution in [3.63, 3.8) is 0 Å². The van der Waals surface area contributed by atoms with E-state index in [0.717, 1.165) is 10.6 Å². The minimum absolute atomic E-state index is 0.00685. The molecule has 2 aromatic carbocycles. The maximum atomic E-state index is 13.1. The van der Waals surface area contributed by atoms with E-state index in [1.54, 1.807) is 48.2 Å². The molecular formula is C24H23N3O4S. The fraction of sp³-hybridized carbons (Fsp3) is 0.208. The molecule has 2 aromatic rings. The molecule has 0 saturated carbocycles. The Morgan fingerprint density at radius 3 is 2.28 bits per heavy atom. The lowest BCUT2D eigenvalue weighted by Gasteiger charge is -2.36. The average molecular weight is 450 g/mol. The van der Waals surface area contributed by atoms with E-state index in [9.17, 15) is 14.9 Å². The van der Waals surface area contributed by atoms with Crippen LogP contribution < -0.4 is 10.6 Å². The Morgan fingerprint density at radius 2 is 1.69 bits per heavy atom. The van der Waals surface area contributed by atoms with Crippen LogP contribution in [0.5, 0.6) is 0 Å². The Labute approximate surface area is 191 Å². The molecule has 0 bridgehead atoms. The van der Waals surface area contributed by atoms with E-state index in [2.05, 4.69) is 6.07 Å². The quantitative estimate of drug-likeness (QED) is 0.526. The lowest BCUT2D eigenvalue weighted by Crippen LogP contribution is -2.41. The van der Waals surface area contributed by atoms with E-state index < -0.39 is 17.9 Å².